The van der Waals surface area contributed by atoms with Gasteiger partial charge in [-0.05, 0) is 36.2 Å². The van der Waals surface area contributed by atoms with Crippen LogP contribution in [0.1, 0.15) is 11.1 Å². The summed E-state index contributed by atoms with van der Waals surface area (Å²) < 4.78 is 45.7. The predicted molar refractivity (Wildman–Crippen MR) is 68.6 cm³/mol. The lowest BCUT2D eigenvalue weighted by atomic mass is 10.2. The van der Waals surface area contributed by atoms with Crippen molar-refractivity contribution in [1.82, 2.24) is 0 Å². The zero-order chi connectivity index (χ0) is 14.6. The molecule has 0 aromatic heterocycles. The Bertz CT molecular complexity index is 565. The molecule has 0 N–H and O–H groups in total. The van der Waals surface area contributed by atoms with E-state index in [0.717, 1.165) is 5.56 Å². The molecule has 0 aliphatic carbocycles. The number of benzene rings is 2. The predicted octanol–water partition coefficient (Wildman–Crippen LogP) is 4.47. The lowest BCUT2D eigenvalue weighted by Crippen LogP contribution is -2.17. The third kappa shape index (κ3) is 4.19. The molecule has 0 saturated carbocycles. The van der Waals surface area contributed by atoms with Crippen molar-refractivity contribution >= 4 is 0 Å². The van der Waals surface area contributed by atoms with E-state index in [0.29, 0.717) is 17.9 Å². The van der Waals surface area contributed by atoms with Crippen molar-refractivity contribution in [1.29, 1.82) is 0 Å². The molecule has 0 aliphatic heterocycles. The lowest BCUT2D eigenvalue weighted by Gasteiger charge is -2.12. The van der Waals surface area contributed by atoms with Crippen molar-refractivity contribution in [3.8, 4) is 11.5 Å². The van der Waals surface area contributed by atoms with Crippen molar-refractivity contribution < 1.29 is 22.6 Å². The summed E-state index contributed by atoms with van der Waals surface area (Å²) in [5.41, 5.74) is 1.57. The minimum atomic E-state index is -4.68. The highest BCUT2D eigenvalue weighted by molar-refractivity contribution is 5.39. The van der Waals surface area contributed by atoms with Crippen molar-refractivity contribution in [3.05, 3.63) is 59.7 Å². The fourth-order valence-corrected chi connectivity index (χ4v) is 1.72. The first-order chi connectivity index (χ1) is 9.44. The molecule has 2 rings (SSSR count). The highest BCUT2D eigenvalue weighted by atomic mass is 19.4. The Morgan fingerprint density at radius 3 is 2.30 bits per heavy atom. The number of halogens is 3. The first kappa shape index (κ1) is 14.2. The lowest BCUT2D eigenvalue weighted by molar-refractivity contribution is -0.274. The van der Waals surface area contributed by atoms with Crippen LogP contribution in [0.15, 0.2) is 48.5 Å². The van der Waals surface area contributed by atoms with Crippen LogP contribution in [0.4, 0.5) is 13.2 Å². The van der Waals surface area contributed by atoms with Crippen LogP contribution in [0, 0.1) is 6.92 Å². The molecule has 0 heterocycles. The minimum Gasteiger partial charge on any atom is -0.489 e. The van der Waals surface area contributed by atoms with E-state index >= 15 is 0 Å². The first-order valence-electron chi connectivity index (χ1n) is 5.97. The van der Waals surface area contributed by atoms with Crippen molar-refractivity contribution in [2.75, 3.05) is 0 Å². The molecule has 0 spiro atoms. The van der Waals surface area contributed by atoms with Gasteiger partial charge in [-0.15, -0.1) is 13.2 Å². The van der Waals surface area contributed by atoms with Gasteiger partial charge in [-0.3, -0.25) is 0 Å². The molecule has 20 heavy (non-hydrogen) atoms. The Balaban J connectivity index is 2.03. The summed E-state index contributed by atoms with van der Waals surface area (Å²) in [6, 6.07) is 13.5. The molecule has 0 atom stereocenters. The molecule has 0 fully saturated rings. The van der Waals surface area contributed by atoms with Gasteiger partial charge in [0.2, 0.25) is 0 Å². The standard InChI is InChI=1S/C15H13F3O2/c1-11-9-13(20-15(16,17)18)7-8-14(11)19-10-12-5-3-2-4-6-12/h2-9H,10H2,1H3. The second-order valence-corrected chi connectivity index (χ2v) is 4.25. The molecular formula is C15H13F3O2. The van der Waals surface area contributed by atoms with E-state index in [1.807, 2.05) is 30.3 Å². The molecule has 0 radical (unpaired) electrons. The Morgan fingerprint density at radius 1 is 1.00 bits per heavy atom. The van der Waals surface area contributed by atoms with Crippen molar-refractivity contribution in [2.45, 2.75) is 19.9 Å². The second-order valence-electron chi connectivity index (χ2n) is 4.25. The smallest absolute Gasteiger partial charge is 0.489 e. The summed E-state index contributed by atoms with van der Waals surface area (Å²) in [6.45, 7) is 2.03. The number of ether oxygens (including phenoxy) is 2. The molecule has 106 valence electrons. The van der Waals surface area contributed by atoms with Gasteiger partial charge in [0.15, 0.2) is 0 Å². The molecule has 2 nitrogen and oxygen atoms in total. The Hall–Kier alpha value is -2.17. The summed E-state index contributed by atoms with van der Waals surface area (Å²) in [7, 11) is 0. The largest absolute Gasteiger partial charge is 0.573 e. The van der Waals surface area contributed by atoms with Crippen LogP contribution < -0.4 is 9.47 Å². The number of rotatable bonds is 4. The molecule has 5 heteroatoms. The topological polar surface area (TPSA) is 18.5 Å². The Morgan fingerprint density at radius 2 is 1.70 bits per heavy atom. The number of hydrogen-bond acceptors (Lipinski definition) is 2. The Labute approximate surface area is 114 Å². The van der Waals surface area contributed by atoms with Crippen LogP contribution in [0.2, 0.25) is 0 Å². The summed E-state index contributed by atoms with van der Waals surface area (Å²) >= 11 is 0. The maximum Gasteiger partial charge on any atom is 0.573 e. The van der Waals surface area contributed by atoms with Gasteiger partial charge in [0.25, 0.3) is 0 Å². The fourth-order valence-electron chi connectivity index (χ4n) is 1.72. The molecule has 0 unspecified atom stereocenters. The van der Waals surface area contributed by atoms with E-state index < -0.39 is 6.36 Å². The van der Waals surface area contributed by atoms with Crippen LogP contribution in [-0.2, 0) is 6.61 Å². The third-order valence-electron chi connectivity index (χ3n) is 2.62. The Kier molecular flexibility index (Phi) is 4.17. The fraction of sp³-hybridized carbons (Fsp3) is 0.200. The molecule has 0 aliphatic rings. The van der Waals surface area contributed by atoms with Gasteiger partial charge >= 0.3 is 6.36 Å². The summed E-state index contributed by atoms with van der Waals surface area (Å²) in [6.07, 6.45) is -4.68. The average Bonchev–Trinajstić information content (AvgIpc) is 2.37. The molecule has 2 aromatic carbocycles. The van der Waals surface area contributed by atoms with Gasteiger partial charge in [0.1, 0.15) is 18.1 Å². The van der Waals surface area contributed by atoms with Crippen LogP contribution in [-0.4, -0.2) is 6.36 Å². The quantitative estimate of drug-likeness (QED) is 0.823. The molecule has 2 aromatic rings. The summed E-state index contributed by atoms with van der Waals surface area (Å²) in [5.74, 6) is 0.283. The molecule has 0 saturated heterocycles. The summed E-state index contributed by atoms with van der Waals surface area (Å²) in [4.78, 5) is 0. The van der Waals surface area contributed by atoms with Gasteiger partial charge in [-0.2, -0.15) is 0 Å². The van der Waals surface area contributed by atoms with E-state index in [9.17, 15) is 13.2 Å². The minimum absolute atomic E-state index is 0.248. The number of aryl methyl sites for hydroxylation is 1. The average molecular weight is 282 g/mol. The third-order valence-corrected chi connectivity index (χ3v) is 2.62. The molecule has 0 bridgehead atoms. The van der Waals surface area contributed by atoms with Crippen LogP contribution in [0.5, 0.6) is 11.5 Å². The van der Waals surface area contributed by atoms with Gasteiger partial charge in [0, 0.05) is 0 Å². The van der Waals surface area contributed by atoms with Gasteiger partial charge in [0.05, 0.1) is 0 Å². The van der Waals surface area contributed by atoms with Crippen molar-refractivity contribution in [3.63, 3.8) is 0 Å². The normalized spacial score (nSPS) is 11.2. The van der Waals surface area contributed by atoms with Crippen LogP contribution >= 0.6 is 0 Å². The van der Waals surface area contributed by atoms with Gasteiger partial charge in [-0.25, -0.2) is 0 Å². The van der Waals surface area contributed by atoms with E-state index in [1.165, 1.54) is 18.2 Å². The second kappa shape index (κ2) is 5.86. The van der Waals surface area contributed by atoms with E-state index in [-0.39, 0.29) is 5.75 Å². The summed E-state index contributed by atoms with van der Waals surface area (Å²) in [5, 5.41) is 0. The highest BCUT2D eigenvalue weighted by Crippen LogP contribution is 2.28. The van der Waals surface area contributed by atoms with Crippen LogP contribution in [0.25, 0.3) is 0 Å². The highest BCUT2D eigenvalue weighted by Gasteiger charge is 2.31. The maximum atomic E-state index is 12.1. The van der Waals surface area contributed by atoms with E-state index in [4.69, 9.17) is 4.74 Å². The monoisotopic (exact) mass is 282 g/mol. The van der Waals surface area contributed by atoms with E-state index in [2.05, 4.69) is 4.74 Å². The first-order valence-corrected chi connectivity index (χ1v) is 5.97. The molecular weight excluding hydrogens is 269 g/mol. The van der Waals surface area contributed by atoms with E-state index in [1.54, 1.807) is 6.92 Å². The molecule has 0 amide bonds. The van der Waals surface area contributed by atoms with Gasteiger partial charge < -0.3 is 9.47 Å². The zero-order valence-electron chi connectivity index (χ0n) is 10.8. The SMILES string of the molecule is Cc1cc(OC(F)(F)F)ccc1OCc1ccccc1. The van der Waals surface area contributed by atoms with Crippen LogP contribution in [0.3, 0.4) is 0 Å². The van der Waals surface area contributed by atoms with Gasteiger partial charge in [-0.1, -0.05) is 30.3 Å². The number of alkyl halides is 3. The maximum absolute atomic E-state index is 12.1. The number of hydrogen-bond donors (Lipinski definition) is 0. The zero-order valence-corrected chi connectivity index (χ0v) is 10.8. The van der Waals surface area contributed by atoms with Crippen molar-refractivity contribution in [2.24, 2.45) is 0 Å².